The van der Waals surface area contributed by atoms with E-state index in [1.54, 1.807) is 32.4 Å². The average Bonchev–Trinajstić information content (AvgIpc) is 3.44. The molecule has 2 fully saturated rings. The molecule has 3 heterocycles. The lowest BCUT2D eigenvalue weighted by molar-refractivity contribution is -0.291. The molecule has 1 saturated heterocycles. The summed E-state index contributed by atoms with van der Waals surface area (Å²) in [4.78, 5) is 23.0. The molecule has 0 bridgehead atoms. The molecule has 256 valence electrons. The molecule has 15 nitrogen and oxygen atoms in total. The molecule has 6 rings (SSSR count). The first kappa shape index (κ1) is 33.1. The largest absolute Gasteiger partial charge is 0.493 e. The predicted molar refractivity (Wildman–Crippen MR) is 160 cm³/mol. The Balaban J connectivity index is 1.29. The van der Waals surface area contributed by atoms with Crippen LogP contribution in [-0.4, -0.2) is 95.2 Å². The quantitative estimate of drug-likeness (QED) is 0.124. The number of carboxylic acids is 1. The smallest absolute Gasteiger partial charge is 0.317 e. The molecule has 1 spiro atoms. The summed E-state index contributed by atoms with van der Waals surface area (Å²) in [5, 5.41) is 41.0. The van der Waals surface area contributed by atoms with Gasteiger partial charge in [-0.15, -0.1) is 0 Å². The molecule has 2 aromatic rings. The van der Waals surface area contributed by atoms with Crippen molar-refractivity contribution in [2.45, 2.75) is 99.1 Å². The van der Waals surface area contributed by atoms with E-state index in [0.717, 1.165) is 43.2 Å². The van der Waals surface area contributed by atoms with E-state index in [9.17, 15) is 24.9 Å². The molecule has 47 heavy (non-hydrogen) atoms. The maximum absolute atomic E-state index is 12.1. The predicted octanol–water partition coefficient (Wildman–Crippen LogP) is 0.833. The molecule has 0 unspecified atom stereocenters. The van der Waals surface area contributed by atoms with Crippen LogP contribution >= 0.6 is 0 Å². The number of nitrogens with two attached hydrogens (primary N) is 2. The third kappa shape index (κ3) is 5.91. The second-order valence-electron chi connectivity index (χ2n) is 12.3. The monoisotopic (exact) mass is 660 g/mol. The molecule has 0 amide bonds. The Kier molecular flexibility index (Phi) is 9.13. The number of hydrogen-bond donors (Lipinski definition) is 6. The standard InChI is InChI=1S/C32H40N2O13/c1-41-17-9-8-16-21-25(45-26(16)27(17)42-2)15-7-6-14(12-18(15)47-32(21)10-4-3-5-11-32)43-31-24(40)22(38)23(39)28(46-31)29(30(33)34)44-20(37)13-19(35)36/h6-9,12,21-25,28-31,38-40H,3-5,10-11,13,33-34H2,1-2H3,(H,35,36)/t21-,22-,23-,24+,25-,28-,29-,31+/m0/s1. The fourth-order valence-corrected chi connectivity index (χ4v) is 7.26. The number of fused-ring (bicyclic) bond motifs is 6. The zero-order chi connectivity index (χ0) is 33.6. The van der Waals surface area contributed by atoms with Crippen LogP contribution in [0, 0.1) is 0 Å². The third-order valence-electron chi connectivity index (χ3n) is 9.41. The van der Waals surface area contributed by atoms with E-state index in [4.69, 9.17) is 49.7 Å². The van der Waals surface area contributed by atoms with Crippen molar-refractivity contribution < 1.29 is 63.2 Å². The van der Waals surface area contributed by atoms with Crippen LogP contribution < -0.4 is 35.2 Å². The number of methoxy groups -OCH3 is 2. The Morgan fingerprint density at radius 3 is 2.36 bits per heavy atom. The second-order valence-corrected chi connectivity index (χ2v) is 12.3. The van der Waals surface area contributed by atoms with Crippen molar-refractivity contribution in [1.82, 2.24) is 0 Å². The summed E-state index contributed by atoms with van der Waals surface area (Å²) in [6, 6.07) is 8.94. The molecule has 0 radical (unpaired) electrons. The van der Waals surface area contributed by atoms with Crippen LogP contribution in [0.4, 0.5) is 0 Å². The van der Waals surface area contributed by atoms with Gasteiger partial charge >= 0.3 is 11.9 Å². The van der Waals surface area contributed by atoms with Crippen LogP contribution in [0.2, 0.25) is 0 Å². The number of ether oxygens (including phenoxy) is 7. The number of benzene rings is 2. The minimum atomic E-state index is -1.82. The number of aliphatic hydroxyl groups excluding tert-OH is 3. The SMILES string of the molecule is COc1ccc2c(c1OC)O[C@H]1c3ccc(O[C@@H]4O[C@H]([C@H](OC(=O)CC(=O)O)C(N)N)[C@@H](O)[C@H](O)[C@H]4O)cc3OC3(CCCCC3)[C@@H]21. The maximum atomic E-state index is 12.1. The molecule has 3 aliphatic heterocycles. The lowest BCUT2D eigenvalue weighted by Crippen LogP contribution is -2.66. The number of esters is 1. The van der Waals surface area contributed by atoms with Crippen LogP contribution in [0.5, 0.6) is 28.7 Å². The van der Waals surface area contributed by atoms with Crippen molar-refractivity contribution in [3.63, 3.8) is 0 Å². The normalized spacial score (nSPS) is 29.4. The van der Waals surface area contributed by atoms with Gasteiger partial charge in [0, 0.05) is 17.2 Å². The van der Waals surface area contributed by atoms with Gasteiger partial charge in [0.15, 0.2) is 17.6 Å². The molecule has 0 aromatic heterocycles. The van der Waals surface area contributed by atoms with E-state index in [-0.39, 0.29) is 11.7 Å². The van der Waals surface area contributed by atoms with Crippen LogP contribution in [0.15, 0.2) is 30.3 Å². The van der Waals surface area contributed by atoms with Gasteiger partial charge in [-0.2, -0.15) is 0 Å². The topological polar surface area (TPSA) is 232 Å². The lowest BCUT2D eigenvalue weighted by Gasteiger charge is -2.47. The summed E-state index contributed by atoms with van der Waals surface area (Å²) in [7, 11) is 3.14. The Morgan fingerprint density at radius 1 is 0.979 bits per heavy atom. The second kappa shape index (κ2) is 13.0. The highest BCUT2D eigenvalue weighted by Crippen LogP contribution is 2.63. The molecule has 8 atom stereocenters. The molecule has 1 aliphatic carbocycles. The van der Waals surface area contributed by atoms with Gasteiger partial charge in [0.05, 0.1) is 26.3 Å². The van der Waals surface area contributed by atoms with Crippen LogP contribution in [0.1, 0.15) is 61.7 Å². The average molecular weight is 661 g/mol. The summed E-state index contributed by atoms with van der Waals surface area (Å²) < 4.78 is 41.6. The summed E-state index contributed by atoms with van der Waals surface area (Å²) >= 11 is 0. The van der Waals surface area contributed by atoms with Gasteiger partial charge in [0.25, 0.3) is 0 Å². The van der Waals surface area contributed by atoms with E-state index in [2.05, 4.69) is 0 Å². The summed E-state index contributed by atoms with van der Waals surface area (Å²) in [6.45, 7) is 0. The van der Waals surface area contributed by atoms with Gasteiger partial charge in [-0.3, -0.25) is 9.59 Å². The first-order valence-corrected chi connectivity index (χ1v) is 15.5. The fraction of sp³-hybridized carbons (Fsp3) is 0.562. The molecule has 4 aliphatic rings. The summed E-state index contributed by atoms with van der Waals surface area (Å²) in [6.07, 6.45) is -8.32. The number of aliphatic hydroxyl groups is 3. The Bertz CT molecular complexity index is 1500. The zero-order valence-electron chi connectivity index (χ0n) is 25.9. The van der Waals surface area contributed by atoms with E-state index in [1.165, 1.54) is 0 Å². The van der Waals surface area contributed by atoms with Crippen LogP contribution in [0.25, 0.3) is 0 Å². The first-order chi connectivity index (χ1) is 22.5. The van der Waals surface area contributed by atoms with Crippen molar-refractivity contribution in [2.75, 3.05) is 14.2 Å². The molecular formula is C32H40N2O13. The van der Waals surface area contributed by atoms with E-state index in [1.807, 2.05) is 12.1 Å². The van der Waals surface area contributed by atoms with Crippen molar-refractivity contribution in [3.8, 4) is 28.7 Å². The molecule has 2 aromatic carbocycles. The zero-order valence-corrected chi connectivity index (χ0v) is 25.9. The number of carbonyl (C=O) groups is 2. The lowest BCUT2D eigenvalue weighted by atomic mass is 9.68. The van der Waals surface area contributed by atoms with Gasteiger partial charge in [-0.1, -0.05) is 12.5 Å². The highest BCUT2D eigenvalue weighted by molar-refractivity contribution is 5.90. The van der Waals surface area contributed by atoms with Crippen molar-refractivity contribution in [1.29, 1.82) is 0 Å². The van der Waals surface area contributed by atoms with Gasteiger partial charge < -0.3 is 65.1 Å². The van der Waals surface area contributed by atoms with E-state index < -0.39 is 73.0 Å². The molecule has 1 saturated carbocycles. The van der Waals surface area contributed by atoms with Gasteiger partial charge in [-0.05, 0) is 43.9 Å². The van der Waals surface area contributed by atoms with E-state index in [0.29, 0.717) is 23.0 Å². The Hall–Kier alpha value is -3.86. The highest BCUT2D eigenvalue weighted by atomic mass is 16.7. The van der Waals surface area contributed by atoms with Gasteiger partial charge in [0.1, 0.15) is 54.0 Å². The fourth-order valence-electron chi connectivity index (χ4n) is 7.26. The number of carbonyl (C=O) groups excluding carboxylic acids is 1. The highest BCUT2D eigenvalue weighted by Gasteiger charge is 2.57. The number of rotatable bonds is 9. The van der Waals surface area contributed by atoms with Crippen molar-refractivity contribution in [3.05, 3.63) is 41.5 Å². The number of carboxylic acid groups (broad SMARTS) is 1. The Labute approximate surface area is 270 Å². The van der Waals surface area contributed by atoms with Crippen molar-refractivity contribution in [2.24, 2.45) is 11.5 Å². The van der Waals surface area contributed by atoms with Crippen molar-refractivity contribution >= 4 is 11.9 Å². The molecule has 8 N–H and O–H groups in total. The minimum Gasteiger partial charge on any atom is -0.493 e. The molecular weight excluding hydrogens is 620 g/mol. The van der Waals surface area contributed by atoms with Crippen LogP contribution in [0.3, 0.4) is 0 Å². The van der Waals surface area contributed by atoms with Gasteiger partial charge in [-0.25, -0.2) is 0 Å². The first-order valence-electron chi connectivity index (χ1n) is 15.5. The van der Waals surface area contributed by atoms with Gasteiger partial charge in [0.2, 0.25) is 12.0 Å². The van der Waals surface area contributed by atoms with E-state index >= 15 is 0 Å². The summed E-state index contributed by atoms with van der Waals surface area (Å²) in [5.74, 6) is -0.374. The summed E-state index contributed by atoms with van der Waals surface area (Å²) in [5.41, 5.74) is 12.7. The Morgan fingerprint density at radius 2 is 1.70 bits per heavy atom. The van der Waals surface area contributed by atoms with Crippen LogP contribution in [-0.2, 0) is 19.1 Å². The minimum absolute atomic E-state index is 0.112. The number of hydrogen-bond acceptors (Lipinski definition) is 14. The maximum Gasteiger partial charge on any atom is 0.317 e. The number of aliphatic carboxylic acids is 1. The third-order valence-corrected chi connectivity index (χ3v) is 9.41. The molecule has 15 heteroatoms.